The molecule has 1 amide bonds. The average Bonchev–Trinajstić information content (AvgIpc) is 2.73. The van der Waals surface area contributed by atoms with Gasteiger partial charge < -0.3 is 11.1 Å². The predicted molar refractivity (Wildman–Crippen MR) is 70.7 cm³/mol. The van der Waals surface area contributed by atoms with Crippen LogP contribution in [0.1, 0.15) is 30.3 Å². The second kappa shape index (κ2) is 5.51. The standard InChI is InChI=1S/C11H18N4O2S/c1-2-15-7-9(12)10(14-15)11(16)13-8-3-5-18(17)6-4-8/h7-8H,2-6,12H2,1H3,(H,13,16). The molecule has 7 heteroatoms. The van der Waals surface area contributed by atoms with E-state index in [1.54, 1.807) is 10.9 Å². The minimum Gasteiger partial charge on any atom is -0.396 e. The van der Waals surface area contributed by atoms with Crippen molar-refractivity contribution in [1.82, 2.24) is 15.1 Å². The van der Waals surface area contributed by atoms with Gasteiger partial charge in [-0.3, -0.25) is 13.7 Å². The van der Waals surface area contributed by atoms with Crippen LogP contribution in [-0.2, 0) is 17.3 Å². The maximum atomic E-state index is 12.0. The Morgan fingerprint density at radius 3 is 2.83 bits per heavy atom. The summed E-state index contributed by atoms with van der Waals surface area (Å²) in [5.74, 6) is 1.07. The van der Waals surface area contributed by atoms with Crippen molar-refractivity contribution in [2.75, 3.05) is 17.2 Å². The van der Waals surface area contributed by atoms with E-state index in [0.29, 0.717) is 23.7 Å². The van der Waals surface area contributed by atoms with Crippen molar-refractivity contribution >= 4 is 22.4 Å². The zero-order valence-corrected chi connectivity index (χ0v) is 11.2. The zero-order chi connectivity index (χ0) is 13.1. The Labute approximate surface area is 108 Å². The number of nitrogens with two attached hydrogens (primary N) is 1. The first kappa shape index (κ1) is 13.1. The fraction of sp³-hybridized carbons (Fsp3) is 0.636. The molecule has 1 aliphatic rings. The lowest BCUT2D eigenvalue weighted by Gasteiger charge is -2.22. The van der Waals surface area contributed by atoms with Crippen LogP contribution in [0.3, 0.4) is 0 Å². The molecule has 0 unspecified atom stereocenters. The number of aromatic nitrogens is 2. The Morgan fingerprint density at radius 1 is 1.61 bits per heavy atom. The van der Waals surface area contributed by atoms with E-state index in [1.807, 2.05) is 6.92 Å². The second-order valence-corrected chi connectivity index (χ2v) is 6.08. The maximum absolute atomic E-state index is 12.0. The first-order chi connectivity index (χ1) is 8.60. The maximum Gasteiger partial charge on any atom is 0.274 e. The molecule has 3 N–H and O–H groups in total. The molecule has 6 nitrogen and oxygen atoms in total. The number of amides is 1. The molecule has 1 aromatic heterocycles. The molecule has 0 saturated carbocycles. The highest BCUT2D eigenvalue weighted by molar-refractivity contribution is 7.85. The first-order valence-electron chi connectivity index (χ1n) is 6.09. The van der Waals surface area contributed by atoms with Gasteiger partial charge in [-0.15, -0.1) is 0 Å². The second-order valence-electron chi connectivity index (χ2n) is 4.38. The third-order valence-electron chi connectivity index (χ3n) is 3.05. The fourth-order valence-corrected chi connectivity index (χ4v) is 3.27. The summed E-state index contributed by atoms with van der Waals surface area (Å²) in [5.41, 5.74) is 6.43. The van der Waals surface area contributed by atoms with Crippen molar-refractivity contribution in [2.45, 2.75) is 32.4 Å². The predicted octanol–water partition coefficient (Wildman–Crippen LogP) is 0.126. The monoisotopic (exact) mass is 270 g/mol. The number of carbonyl (C=O) groups is 1. The van der Waals surface area contributed by atoms with Gasteiger partial charge in [-0.25, -0.2) is 0 Å². The molecule has 0 radical (unpaired) electrons. The Hall–Kier alpha value is -1.37. The van der Waals surface area contributed by atoms with E-state index in [2.05, 4.69) is 10.4 Å². The largest absolute Gasteiger partial charge is 0.396 e. The Morgan fingerprint density at radius 2 is 2.28 bits per heavy atom. The van der Waals surface area contributed by atoms with E-state index < -0.39 is 10.8 Å². The molecule has 1 aromatic rings. The summed E-state index contributed by atoms with van der Waals surface area (Å²) in [7, 11) is -0.718. The van der Waals surface area contributed by atoms with Crippen LogP contribution >= 0.6 is 0 Å². The highest BCUT2D eigenvalue weighted by Gasteiger charge is 2.22. The van der Waals surface area contributed by atoms with E-state index in [9.17, 15) is 9.00 Å². The molecular weight excluding hydrogens is 252 g/mol. The van der Waals surface area contributed by atoms with Crippen LogP contribution in [0.5, 0.6) is 0 Å². The Bertz CT molecular complexity index is 462. The lowest BCUT2D eigenvalue weighted by atomic mass is 10.1. The number of nitrogen functional groups attached to an aromatic ring is 1. The lowest BCUT2D eigenvalue weighted by Crippen LogP contribution is -2.40. The van der Waals surface area contributed by atoms with E-state index in [1.165, 1.54) is 0 Å². The average molecular weight is 270 g/mol. The van der Waals surface area contributed by atoms with Crippen LogP contribution < -0.4 is 11.1 Å². The SMILES string of the molecule is CCn1cc(N)c(C(=O)NC2CCS(=O)CC2)n1. The molecule has 0 atom stereocenters. The van der Waals surface area contributed by atoms with Crippen molar-refractivity contribution in [2.24, 2.45) is 0 Å². The van der Waals surface area contributed by atoms with Crippen molar-refractivity contribution in [3.05, 3.63) is 11.9 Å². The van der Waals surface area contributed by atoms with Gasteiger partial charge in [0.2, 0.25) is 0 Å². The normalized spacial score (nSPS) is 23.8. The number of carbonyl (C=O) groups excluding carboxylic acids is 1. The summed E-state index contributed by atoms with van der Waals surface area (Å²) in [6.45, 7) is 2.62. The van der Waals surface area contributed by atoms with Crippen LogP contribution in [0.15, 0.2) is 6.20 Å². The van der Waals surface area contributed by atoms with Crippen LogP contribution in [0.4, 0.5) is 5.69 Å². The number of anilines is 1. The van der Waals surface area contributed by atoms with Gasteiger partial charge in [0, 0.05) is 41.1 Å². The molecule has 100 valence electrons. The molecule has 1 fully saturated rings. The number of nitrogens with zero attached hydrogens (tertiary/aromatic N) is 2. The smallest absolute Gasteiger partial charge is 0.274 e. The first-order valence-corrected chi connectivity index (χ1v) is 7.57. The van der Waals surface area contributed by atoms with Gasteiger partial charge in [-0.05, 0) is 19.8 Å². The number of hydrogen-bond acceptors (Lipinski definition) is 4. The van der Waals surface area contributed by atoms with Crippen molar-refractivity contribution in [3.8, 4) is 0 Å². The molecule has 0 aromatic carbocycles. The zero-order valence-electron chi connectivity index (χ0n) is 10.4. The molecule has 0 aliphatic carbocycles. The van der Waals surface area contributed by atoms with Gasteiger partial charge in [0.15, 0.2) is 5.69 Å². The fourth-order valence-electron chi connectivity index (χ4n) is 1.97. The summed E-state index contributed by atoms with van der Waals surface area (Å²) in [6, 6.07) is 0.0846. The van der Waals surface area contributed by atoms with Crippen LogP contribution in [0.2, 0.25) is 0 Å². The Balaban J connectivity index is 1.98. The van der Waals surface area contributed by atoms with Crippen molar-refractivity contribution < 1.29 is 9.00 Å². The van der Waals surface area contributed by atoms with Crippen LogP contribution in [0, 0.1) is 0 Å². The summed E-state index contributed by atoms with van der Waals surface area (Å²) in [6.07, 6.45) is 3.17. The van der Waals surface area contributed by atoms with Gasteiger partial charge in [0.05, 0.1) is 5.69 Å². The van der Waals surface area contributed by atoms with Gasteiger partial charge in [-0.1, -0.05) is 0 Å². The highest BCUT2D eigenvalue weighted by atomic mass is 32.2. The topological polar surface area (TPSA) is 90.0 Å². The number of aryl methyl sites for hydroxylation is 1. The summed E-state index contributed by atoms with van der Waals surface area (Å²) in [4.78, 5) is 12.0. The highest BCUT2D eigenvalue weighted by Crippen LogP contribution is 2.13. The summed E-state index contributed by atoms with van der Waals surface area (Å²) >= 11 is 0. The van der Waals surface area contributed by atoms with Crippen LogP contribution in [-0.4, -0.2) is 37.4 Å². The van der Waals surface area contributed by atoms with Crippen molar-refractivity contribution in [1.29, 1.82) is 0 Å². The Kier molecular flexibility index (Phi) is 4.00. The third-order valence-corrected chi connectivity index (χ3v) is 4.43. The number of rotatable bonds is 3. The van der Waals surface area contributed by atoms with Gasteiger partial charge >= 0.3 is 0 Å². The van der Waals surface area contributed by atoms with E-state index >= 15 is 0 Å². The van der Waals surface area contributed by atoms with Gasteiger partial charge in [0.1, 0.15) is 0 Å². The molecule has 2 rings (SSSR count). The molecule has 18 heavy (non-hydrogen) atoms. The van der Waals surface area contributed by atoms with Gasteiger partial charge in [0.25, 0.3) is 5.91 Å². The molecule has 0 bridgehead atoms. The summed E-state index contributed by atoms with van der Waals surface area (Å²) < 4.78 is 12.9. The van der Waals surface area contributed by atoms with E-state index in [0.717, 1.165) is 12.8 Å². The van der Waals surface area contributed by atoms with Crippen LogP contribution in [0.25, 0.3) is 0 Å². The number of nitrogens with one attached hydrogen (secondary N) is 1. The number of hydrogen-bond donors (Lipinski definition) is 2. The van der Waals surface area contributed by atoms with E-state index in [-0.39, 0.29) is 17.6 Å². The van der Waals surface area contributed by atoms with E-state index in [4.69, 9.17) is 5.73 Å². The quantitative estimate of drug-likeness (QED) is 0.816. The molecule has 1 aliphatic heterocycles. The summed E-state index contributed by atoms with van der Waals surface area (Å²) in [5, 5.41) is 7.03. The molecule has 0 spiro atoms. The minimum atomic E-state index is -0.718. The van der Waals surface area contributed by atoms with Crippen molar-refractivity contribution in [3.63, 3.8) is 0 Å². The third kappa shape index (κ3) is 2.90. The molecule has 1 saturated heterocycles. The van der Waals surface area contributed by atoms with Gasteiger partial charge in [-0.2, -0.15) is 5.10 Å². The molecular formula is C11H18N4O2S. The lowest BCUT2D eigenvalue weighted by molar-refractivity contribution is 0.0929. The molecule has 2 heterocycles. The minimum absolute atomic E-state index is 0.0846.